The number of carbonyl (C=O) groups excluding carboxylic acids is 1. The Morgan fingerprint density at radius 2 is 1.85 bits per heavy atom. The first kappa shape index (κ1) is 19.6. The minimum Gasteiger partial charge on any atom is -0.334 e. The Balaban J connectivity index is 1.40. The van der Waals surface area contributed by atoms with Crippen molar-refractivity contribution < 1.29 is 4.79 Å². The van der Waals surface area contributed by atoms with Gasteiger partial charge in [-0.2, -0.15) is 0 Å². The van der Waals surface area contributed by atoms with E-state index in [1.54, 1.807) is 0 Å². The fourth-order valence-electron chi connectivity index (χ4n) is 3.62. The number of piperazine rings is 1. The summed E-state index contributed by atoms with van der Waals surface area (Å²) in [5, 5.41) is 3.05. The second-order valence-corrected chi connectivity index (χ2v) is 7.37. The fraction of sp³-hybridized carbons (Fsp3) is 0.524. The Bertz CT molecular complexity index is 762. The van der Waals surface area contributed by atoms with Gasteiger partial charge in [-0.05, 0) is 25.5 Å². The Kier molecular flexibility index (Phi) is 6.63. The van der Waals surface area contributed by atoms with Crippen LogP contribution >= 0.6 is 0 Å². The van der Waals surface area contributed by atoms with Crippen LogP contribution in [0.3, 0.4) is 0 Å². The highest BCUT2D eigenvalue weighted by atomic mass is 16.2. The van der Waals surface area contributed by atoms with Crippen LogP contribution in [0.15, 0.2) is 30.6 Å². The van der Waals surface area contributed by atoms with Crippen LogP contribution in [0.25, 0.3) is 0 Å². The third-order valence-electron chi connectivity index (χ3n) is 5.26. The lowest BCUT2D eigenvalue weighted by atomic mass is 10.1. The molecule has 27 heavy (non-hydrogen) atoms. The molecule has 0 atom stereocenters. The average Bonchev–Trinajstić information content (AvgIpc) is 3.11. The molecule has 1 aliphatic rings. The molecule has 0 saturated carbocycles. The van der Waals surface area contributed by atoms with E-state index in [4.69, 9.17) is 0 Å². The van der Waals surface area contributed by atoms with E-state index in [0.29, 0.717) is 6.54 Å². The first-order chi connectivity index (χ1) is 13.0. The number of carbonyl (C=O) groups is 1. The molecule has 0 radical (unpaired) electrons. The number of anilines is 1. The molecule has 1 fully saturated rings. The number of nitrogens with zero attached hydrogens (tertiary/aromatic N) is 4. The molecule has 2 heterocycles. The van der Waals surface area contributed by atoms with E-state index in [-0.39, 0.29) is 5.91 Å². The number of aryl methyl sites for hydroxylation is 3. The standard InChI is InChI=1S/C21H31N5O/c1-4-20-22-7-8-26(20)14-13-24-9-11-25(12-10-24)16-21(27)23-19-6-5-17(2)15-18(19)3/h5-8,15H,4,9-14,16H2,1-3H3,(H,23,27). The molecule has 6 heteroatoms. The van der Waals surface area contributed by atoms with Gasteiger partial charge in [-0.15, -0.1) is 0 Å². The Morgan fingerprint density at radius 3 is 2.56 bits per heavy atom. The van der Waals surface area contributed by atoms with Gasteiger partial charge < -0.3 is 9.88 Å². The quantitative estimate of drug-likeness (QED) is 0.814. The van der Waals surface area contributed by atoms with E-state index < -0.39 is 0 Å². The Labute approximate surface area is 162 Å². The minimum atomic E-state index is 0.0707. The predicted octanol–water partition coefficient (Wildman–Crippen LogP) is 2.32. The van der Waals surface area contributed by atoms with Gasteiger partial charge in [-0.25, -0.2) is 4.98 Å². The summed E-state index contributed by atoms with van der Waals surface area (Å²) in [6.07, 6.45) is 4.91. The van der Waals surface area contributed by atoms with Gasteiger partial charge in [0.15, 0.2) is 0 Å². The van der Waals surface area contributed by atoms with Crippen molar-refractivity contribution in [3.63, 3.8) is 0 Å². The maximum absolute atomic E-state index is 12.4. The maximum atomic E-state index is 12.4. The van der Waals surface area contributed by atoms with Crippen molar-refractivity contribution in [2.45, 2.75) is 33.7 Å². The number of nitrogens with one attached hydrogen (secondary N) is 1. The van der Waals surface area contributed by atoms with Crippen molar-refractivity contribution >= 4 is 11.6 Å². The summed E-state index contributed by atoms with van der Waals surface area (Å²) < 4.78 is 2.24. The third kappa shape index (κ3) is 5.40. The molecule has 0 aliphatic carbocycles. The largest absolute Gasteiger partial charge is 0.334 e. The van der Waals surface area contributed by atoms with E-state index in [0.717, 1.165) is 62.8 Å². The van der Waals surface area contributed by atoms with Crippen LogP contribution in [0.5, 0.6) is 0 Å². The fourth-order valence-corrected chi connectivity index (χ4v) is 3.62. The minimum absolute atomic E-state index is 0.0707. The lowest BCUT2D eigenvalue weighted by molar-refractivity contribution is -0.117. The summed E-state index contributed by atoms with van der Waals surface area (Å²) in [4.78, 5) is 21.5. The average molecular weight is 370 g/mol. The first-order valence-corrected chi connectivity index (χ1v) is 9.87. The van der Waals surface area contributed by atoms with E-state index in [9.17, 15) is 4.79 Å². The van der Waals surface area contributed by atoms with Gasteiger partial charge >= 0.3 is 0 Å². The molecule has 0 spiro atoms. The topological polar surface area (TPSA) is 53.4 Å². The molecule has 146 valence electrons. The molecule has 1 saturated heterocycles. The van der Waals surface area contributed by atoms with Gasteiger partial charge in [0.25, 0.3) is 0 Å². The highest BCUT2D eigenvalue weighted by molar-refractivity contribution is 5.93. The zero-order valence-electron chi connectivity index (χ0n) is 16.7. The zero-order valence-corrected chi connectivity index (χ0v) is 16.7. The van der Waals surface area contributed by atoms with E-state index >= 15 is 0 Å². The van der Waals surface area contributed by atoms with Crippen LogP contribution in [0, 0.1) is 13.8 Å². The van der Waals surface area contributed by atoms with E-state index in [1.165, 1.54) is 5.56 Å². The highest BCUT2D eigenvalue weighted by Gasteiger charge is 2.19. The number of hydrogen-bond donors (Lipinski definition) is 1. The summed E-state index contributed by atoms with van der Waals surface area (Å²) in [6, 6.07) is 6.12. The van der Waals surface area contributed by atoms with Gasteiger partial charge in [0, 0.05) is 63.8 Å². The zero-order chi connectivity index (χ0) is 19.2. The van der Waals surface area contributed by atoms with Gasteiger partial charge in [-0.3, -0.25) is 14.6 Å². The van der Waals surface area contributed by atoms with Crippen molar-refractivity contribution in [2.24, 2.45) is 0 Å². The van der Waals surface area contributed by atoms with Crippen molar-refractivity contribution in [1.29, 1.82) is 0 Å². The molecule has 1 amide bonds. The van der Waals surface area contributed by atoms with Crippen LogP contribution in [0.2, 0.25) is 0 Å². The van der Waals surface area contributed by atoms with E-state index in [1.807, 2.05) is 25.3 Å². The van der Waals surface area contributed by atoms with Crippen molar-refractivity contribution in [2.75, 3.05) is 44.6 Å². The summed E-state index contributed by atoms with van der Waals surface area (Å²) in [7, 11) is 0. The molecular formula is C21H31N5O. The Hall–Kier alpha value is -2.18. The second-order valence-electron chi connectivity index (χ2n) is 7.37. The SMILES string of the molecule is CCc1nccn1CCN1CCN(CC(=O)Nc2ccc(C)cc2C)CC1. The molecule has 1 aliphatic heterocycles. The monoisotopic (exact) mass is 369 g/mol. The van der Waals surface area contributed by atoms with Crippen LogP contribution in [-0.4, -0.2) is 64.5 Å². The molecule has 1 aromatic carbocycles. The molecule has 1 N–H and O–H groups in total. The van der Waals surface area contributed by atoms with Crippen LogP contribution in [-0.2, 0) is 17.8 Å². The van der Waals surface area contributed by atoms with Gasteiger partial charge in [0.1, 0.15) is 5.82 Å². The molecule has 2 aromatic rings. The molecule has 6 nitrogen and oxygen atoms in total. The third-order valence-corrected chi connectivity index (χ3v) is 5.26. The number of hydrogen-bond acceptors (Lipinski definition) is 4. The predicted molar refractivity (Wildman–Crippen MR) is 109 cm³/mol. The van der Waals surface area contributed by atoms with Crippen molar-refractivity contribution in [3.8, 4) is 0 Å². The summed E-state index contributed by atoms with van der Waals surface area (Å²) in [6.45, 7) is 12.6. The van der Waals surface area contributed by atoms with Crippen LogP contribution in [0.4, 0.5) is 5.69 Å². The van der Waals surface area contributed by atoms with Gasteiger partial charge in [0.05, 0.1) is 6.54 Å². The molecular weight excluding hydrogens is 338 g/mol. The van der Waals surface area contributed by atoms with E-state index in [2.05, 4.69) is 50.8 Å². The number of aromatic nitrogens is 2. The van der Waals surface area contributed by atoms with Crippen LogP contribution < -0.4 is 5.32 Å². The normalized spacial score (nSPS) is 15.8. The number of imidazole rings is 1. The van der Waals surface area contributed by atoms with Crippen LogP contribution in [0.1, 0.15) is 23.9 Å². The molecule has 1 aromatic heterocycles. The molecule has 3 rings (SSSR count). The summed E-state index contributed by atoms with van der Waals surface area (Å²) >= 11 is 0. The smallest absolute Gasteiger partial charge is 0.238 e. The van der Waals surface area contributed by atoms with Crippen molar-refractivity contribution in [3.05, 3.63) is 47.5 Å². The van der Waals surface area contributed by atoms with Crippen molar-refractivity contribution in [1.82, 2.24) is 19.4 Å². The molecule has 0 bridgehead atoms. The lowest BCUT2D eigenvalue weighted by Crippen LogP contribution is -2.49. The first-order valence-electron chi connectivity index (χ1n) is 9.87. The van der Waals surface area contributed by atoms with Gasteiger partial charge in [0.2, 0.25) is 5.91 Å². The maximum Gasteiger partial charge on any atom is 0.238 e. The summed E-state index contributed by atoms with van der Waals surface area (Å²) in [5.41, 5.74) is 3.23. The number of benzene rings is 1. The number of amides is 1. The van der Waals surface area contributed by atoms with Gasteiger partial charge in [-0.1, -0.05) is 24.6 Å². The lowest BCUT2D eigenvalue weighted by Gasteiger charge is -2.34. The molecule has 0 unspecified atom stereocenters. The second kappa shape index (κ2) is 9.15. The number of rotatable bonds is 7. The Morgan fingerprint density at radius 1 is 1.11 bits per heavy atom. The summed E-state index contributed by atoms with van der Waals surface area (Å²) in [5.74, 6) is 1.22. The highest BCUT2D eigenvalue weighted by Crippen LogP contribution is 2.16.